The van der Waals surface area contributed by atoms with E-state index in [9.17, 15) is 9.18 Å². The summed E-state index contributed by atoms with van der Waals surface area (Å²) in [5.74, 6) is 0.133. The lowest BCUT2D eigenvalue weighted by atomic mass is 9.96. The van der Waals surface area contributed by atoms with Gasteiger partial charge in [0.15, 0.2) is 0 Å². The van der Waals surface area contributed by atoms with Crippen molar-refractivity contribution in [2.24, 2.45) is 11.7 Å². The van der Waals surface area contributed by atoms with E-state index in [1.807, 2.05) is 4.90 Å². The molecular formula is C13H17BrClFN2O. The molecule has 1 aliphatic rings. The minimum atomic E-state index is -0.353. The van der Waals surface area contributed by atoms with Gasteiger partial charge < -0.3 is 10.6 Å². The Labute approximate surface area is 126 Å². The summed E-state index contributed by atoms with van der Waals surface area (Å²) >= 11 is 3.10. The Bertz CT molecular complexity index is 450. The van der Waals surface area contributed by atoms with Crippen LogP contribution in [0.15, 0.2) is 22.7 Å². The number of piperidine rings is 1. The van der Waals surface area contributed by atoms with Crippen LogP contribution in [-0.4, -0.2) is 30.4 Å². The first-order valence-electron chi connectivity index (χ1n) is 6.06. The van der Waals surface area contributed by atoms with E-state index in [0.29, 0.717) is 22.5 Å². The standard InChI is InChI=1S/C13H16BrFN2O.ClH/c14-11-7-10(1-2-12(11)15)13(18)17-5-3-9(8-16)4-6-17;/h1-2,7,9H,3-6,8,16H2;1H. The van der Waals surface area contributed by atoms with Gasteiger partial charge in [-0.05, 0) is 59.4 Å². The topological polar surface area (TPSA) is 46.3 Å². The molecule has 0 unspecified atom stereocenters. The lowest BCUT2D eigenvalue weighted by Crippen LogP contribution is -2.40. The normalized spacial score (nSPS) is 16.1. The summed E-state index contributed by atoms with van der Waals surface area (Å²) in [6.45, 7) is 2.15. The van der Waals surface area contributed by atoms with Crippen LogP contribution in [0.4, 0.5) is 4.39 Å². The van der Waals surface area contributed by atoms with E-state index in [1.165, 1.54) is 18.2 Å². The molecule has 106 valence electrons. The molecule has 0 atom stereocenters. The summed E-state index contributed by atoms with van der Waals surface area (Å²) < 4.78 is 13.4. The third-order valence-electron chi connectivity index (χ3n) is 3.40. The van der Waals surface area contributed by atoms with Crippen molar-refractivity contribution in [2.75, 3.05) is 19.6 Å². The van der Waals surface area contributed by atoms with E-state index in [2.05, 4.69) is 15.9 Å². The summed E-state index contributed by atoms with van der Waals surface area (Å²) in [4.78, 5) is 14.0. The number of carbonyl (C=O) groups is 1. The number of nitrogens with zero attached hydrogens (tertiary/aromatic N) is 1. The first-order valence-corrected chi connectivity index (χ1v) is 6.85. The maximum absolute atomic E-state index is 13.1. The first kappa shape index (κ1) is 16.4. The molecule has 2 rings (SSSR count). The van der Waals surface area contributed by atoms with Gasteiger partial charge in [0.2, 0.25) is 0 Å². The lowest BCUT2D eigenvalue weighted by molar-refractivity contribution is 0.0693. The molecule has 1 aliphatic heterocycles. The van der Waals surface area contributed by atoms with Gasteiger partial charge in [-0.2, -0.15) is 0 Å². The van der Waals surface area contributed by atoms with E-state index in [0.717, 1.165) is 25.9 Å². The van der Waals surface area contributed by atoms with Gasteiger partial charge in [-0.1, -0.05) is 0 Å². The van der Waals surface area contributed by atoms with Crippen LogP contribution in [0.3, 0.4) is 0 Å². The zero-order valence-corrected chi connectivity index (χ0v) is 12.8. The van der Waals surface area contributed by atoms with Crippen LogP contribution in [-0.2, 0) is 0 Å². The molecule has 1 amide bonds. The largest absolute Gasteiger partial charge is 0.339 e. The summed E-state index contributed by atoms with van der Waals surface area (Å²) in [5.41, 5.74) is 6.14. The summed E-state index contributed by atoms with van der Waals surface area (Å²) in [6, 6.07) is 4.37. The van der Waals surface area contributed by atoms with E-state index < -0.39 is 0 Å². The second-order valence-electron chi connectivity index (χ2n) is 4.60. The fraction of sp³-hybridized carbons (Fsp3) is 0.462. The number of amides is 1. The van der Waals surface area contributed by atoms with Crippen LogP contribution < -0.4 is 5.73 Å². The molecule has 0 bridgehead atoms. The predicted molar refractivity (Wildman–Crippen MR) is 79.0 cm³/mol. The Morgan fingerprint density at radius 2 is 2.05 bits per heavy atom. The summed E-state index contributed by atoms with van der Waals surface area (Å²) in [7, 11) is 0. The molecule has 1 aromatic rings. The maximum Gasteiger partial charge on any atom is 0.253 e. The molecule has 1 fully saturated rings. The molecule has 0 spiro atoms. The minimum absolute atomic E-state index is 0. The van der Waals surface area contributed by atoms with Gasteiger partial charge in [0, 0.05) is 18.7 Å². The van der Waals surface area contributed by atoms with Crippen LogP contribution in [0, 0.1) is 11.7 Å². The monoisotopic (exact) mass is 350 g/mol. The van der Waals surface area contributed by atoms with Crippen LogP contribution in [0.25, 0.3) is 0 Å². The zero-order chi connectivity index (χ0) is 13.1. The summed E-state index contributed by atoms with van der Waals surface area (Å²) in [6.07, 6.45) is 1.90. The number of carbonyl (C=O) groups excluding carboxylic acids is 1. The zero-order valence-electron chi connectivity index (χ0n) is 10.4. The third-order valence-corrected chi connectivity index (χ3v) is 4.01. The Balaban J connectivity index is 0.00000180. The van der Waals surface area contributed by atoms with Gasteiger partial charge >= 0.3 is 0 Å². The molecule has 2 N–H and O–H groups in total. The fourth-order valence-electron chi connectivity index (χ4n) is 2.18. The number of rotatable bonds is 2. The Kier molecular flexibility index (Phi) is 6.23. The van der Waals surface area contributed by atoms with Gasteiger partial charge in [0.1, 0.15) is 5.82 Å². The minimum Gasteiger partial charge on any atom is -0.339 e. The number of nitrogens with two attached hydrogens (primary N) is 1. The van der Waals surface area contributed by atoms with E-state index in [-0.39, 0.29) is 24.1 Å². The third kappa shape index (κ3) is 3.91. The van der Waals surface area contributed by atoms with Crippen molar-refractivity contribution in [3.63, 3.8) is 0 Å². The van der Waals surface area contributed by atoms with Gasteiger partial charge in [-0.15, -0.1) is 12.4 Å². The van der Waals surface area contributed by atoms with Crippen LogP contribution in [0.2, 0.25) is 0 Å². The fourth-order valence-corrected chi connectivity index (χ4v) is 2.56. The molecule has 1 aromatic carbocycles. The molecule has 3 nitrogen and oxygen atoms in total. The Hall–Kier alpha value is -0.650. The van der Waals surface area contributed by atoms with E-state index in [4.69, 9.17) is 5.73 Å². The quantitative estimate of drug-likeness (QED) is 0.890. The van der Waals surface area contributed by atoms with Gasteiger partial charge in [-0.3, -0.25) is 4.79 Å². The number of benzene rings is 1. The summed E-state index contributed by atoms with van der Waals surface area (Å²) in [5, 5.41) is 0. The molecule has 6 heteroatoms. The van der Waals surface area contributed by atoms with Crippen molar-refractivity contribution in [3.05, 3.63) is 34.1 Å². The van der Waals surface area contributed by atoms with Gasteiger partial charge in [0.05, 0.1) is 4.47 Å². The van der Waals surface area contributed by atoms with Crippen molar-refractivity contribution < 1.29 is 9.18 Å². The SMILES string of the molecule is Cl.NCC1CCN(C(=O)c2ccc(F)c(Br)c2)CC1. The molecule has 0 radical (unpaired) electrons. The van der Waals surface area contributed by atoms with Crippen molar-refractivity contribution in [2.45, 2.75) is 12.8 Å². The second-order valence-corrected chi connectivity index (χ2v) is 5.45. The second kappa shape index (κ2) is 7.22. The molecule has 0 aromatic heterocycles. The highest BCUT2D eigenvalue weighted by Gasteiger charge is 2.23. The van der Waals surface area contributed by atoms with Crippen molar-refractivity contribution in [1.29, 1.82) is 0 Å². The molecule has 1 saturated heterocycles. The van der Waals surface area contributed by atoms with Gasteiger partial charge in [0.25, 0.3) is 5.91 Å². The predicted octanol–water partition coefficient (Wildman–Crippen LogP) is 2.82. The molecule has 1 heterocycles. The van der Waals surface area contributed by atoms with Crippen molar-refractivity contribution in [1.82, 2.24) is 4.90 Å². The van der Waals surface area contributed by atoms with Crippen LogP contribution >= 0.6 is 28.3 Å². The highest BCUT2D eigenvalue weighted by atomic mass is 79.9. The molecule has 19 heavy (non-hydrogen) atoms. The van der Waals surface area contributed by atoms with Crippen molar-refractivity contribution >= 4 is 34.2 Å². The molecule has 0 saturated carbocycles. The highest BCUT2D eigenvalue weighted by molar-refractivity contribution is 9.10. The number of hydrogen-bond acceptors (Lipinski definition) is 2. The lowest BCUT2D eigenvalue weighted by Gasteiger charge is -2.31. The van der Waals surface area contributed by atoms with Crippen molar-refractivity contribution in [3.8, 4) is 0 Å². The van der Waals surface area contributed by atoms with Crippen LogP contribution in [0.5, 0.6) is 0 Å². The smallest absolute Gasteiger partial charge is 0.253 e. The van der Waals surface area contributed by atoms with Gasteiger partial charge in [-0.25, -0.2) is 4.39 Å². The average Bonchev–Trinajstić information content (AvgIpc) is 2.41. The Morgan fingerprint density at radius 3 is 2.58 bits per heavy atom. The van der Waals surface area contributed by atoms with E-state index >= 15 is 0 Å². The average molecular weight is 352 g/mol. The van der Waals surface area contributed by atoms with Crippen LogP contribution in [0.1, 0.15) is 23.2 Å². The number of halogens is 3. The Morgan fingerprint density at radius 1 is 1.42 bits per heavy atom. The number of likely N-dealkylation sites (tertiary alicyclic amines) is 1. The maximum atomic E-state index is 13.1. The molecular weight excluding hydrogens is 335 g/mol. The highest BCUT2D eigenvalue weighted by Crippen LogP contribution is 2.21. The molecule has 0 aliphatic carbocycles. The number of hydrogen-bond donors (Lipinski definition) is 1. The first-order chi connectivity index (χ1) is 8.61. The van der Waals surface area contributed by atoms with E-state index in [1.54, 1.807) is 0 Å².